The van der Waals surface area contributed by atoms with Gasteiger partial charge in [-0.3, -0.25) is 4.79 Å². The Morgan fingerprint density at radius 3 is 2.17 bits per heavy atom. The Bertz CT molecular complexity index is 852. The van der Waals surface area contributed by atoms with Crippen LogP contribution in [0.5, 0.6) is 0 Å². The number of carboxylic acids is 1. The number of hydrogen-bond donors (Lipinski definition) is 2. The second-order valence-electron chi connectivity index (χ2n) is 7.94. The molecule has 3 rings (SSSR count). The Labute approximate surface area is 175 Å². The molecule has 0 saturated heterocycles. The molecule has 1 unspecified atom stereocenters. The van der Waals surface area contributed by atoms with Crippen LogP contribution < -0.4 is 5.32 Å². The highest BCUT2D eigenvalue weighted by Gasteiger charge is 2.32. The van der Waals surface area contributed by atoms with Gasteiger partial charge in [0.2, 0.25) is 0 Å². The minimum atomic E-state index is -0.948. The molecule has 154 valence electrons. The van der Waals surface area contributed by atoms with Crippen molar-refractivity contribution >= 4 is 23.8 Å². The van der Waals surface area contributed by atoms with Crippen molar-refractivity contribution in [2.24, 2.45) is 0 Å². The quantitative estimate of drug-likeness (QED) is 0.644. The van der Waals surface area contributed by atoms with Crippen LogP contribution in [0.15, 0.2) is 48.5 Å². The minimum Gasteiger partial charge on any atom is -0.481 e. The van der Waals surface area contributed by atoms with Crippen molar-refractivity contribution in [1.29, 1.82) is 0 Å². The Balaban J connectivity index is 1.69. The third kappa shape index (κ3) is 5.12. The van der Waals surface area contributed by atoms with Crippen LogP contribution >= 0.6 is 11.8 Å². The molecular weight excluding hydrogens is 386 g/mol. The van der Waals surface area contributed by atoms with Crippen molar-refractivity contribution in [2.75, 3.05) is 12.4 Å². The van der Waals surface area contributed by atoms with Crippen LogP contribution in [0.4, 0.5) is 4.79 Å². The first-order valence-electron chi connectivity index (χ1n) is 9.75. The minimum absolute atomic E-state index is 0.0241. The molecule has 1 atom stereocenters. The van der Waals surface area contributed by atoms with E-state index in [0.717, 1.165) is 11.1 Å². The fourth-order valence-corrected chi connectivity index (χ4v) is 4.57. The van der Waals surface area contributed by atoms with Crippen LogP contribution in [0.2, 0.25) is 0 Å². The normalized spacial score (nSPS) is 14.8. The molecule has 1 aliphatic carbocycles. The predicted molar refractivity (Wildman–Crippen MR) is 116 cm³/mol. The average molecular weight is 414 g/mol. The molecule has 0 radical (unpaired) electrons. The highest BCUT2D eigenvalue weighted by molar-refractivity contribution is 7.99. The van der Waals surface area contributed by atoms with Gasteiger partial charge in [-0.15, -0.1) is 0 Å². The molecule has 2 aromatic rings. The summed E-state index contributed by atoms with van der Waals surface area (Å²) in [7, 11) is 0. The number of carbonyl (C=O) groups is 2. The van der Waals surface area contributed by atoms with Gasteiger partial charge in [0, 0.05) is 11.7 Å². The lowest BCUT2D eigenvalue weighted by atomic mass is 9.98. The Kier molecular flexibility index (Phi) is 6.52. The van der Waals surface area contributed by atoms with Gasteiger partial charge in [-0.25, -0.2) is 4.79 Å². The van der Waals surface area contributed by atoms with Crippen molar-refractivity contribution in [3.8, 4) is 11.1 Å². The summed E-state index contributed by atoms with van der Waals surface area (Å²) in [5.41, 5.74) is 3.75. The Morgan fingerprint density at radius 2 is 1.66 bits per heavy atom. The van der Waals surface area contributed by atoms with E-state index in [0.29, 0.717) is 11.0 Å². The maximum Gasteiger partial charge on any atom is 0.407 e. The highest BCUT2D eigenvalue weighted by atomic mass is 32.2. The summed E-state index contributed by atoms with van der Waals surface area (Å²) >= 11 is 1.61. The van der Waals surface area contributed by atoms with Gasteiger partial charge in [0.25, 0.3) is 0 Å². The lowest BCUT2D eigenvalue weighted by Crippen LogP contribution is -2.50. The van der Waals surface area contributed by atoms with E-state index in [9.17, 15) is 14.7 Å². The smallest absolute Gasteiger partial charge is 0.407 e. The van der Waals surface area contributed by atoms with Crippen LogP contribution in [-0.2, 0) is 9.53 Å². The molecule has 0 bridgehead atoms. The fourth-order valence-electron chi connectivity index (χ4n) is 3.70. The molecule has 1 amide bonds. The number of carboxylic acid groups (broad SMARTS) is 1. The Morgan fingerprint density at radius 1 is 1.10 bits per heavy atom. The van der Waals surface area contributed by atoms with Gasteiger partial charge < -0.3 is 15.2 Å². The molecule has 5 nitrogen and oxygen atoms in total. The predicted octanol–water partition coefficient (Wildman–Crippen LogP) is 4.90. The third-order valence-corrected chi connectivity index (χ3v) is 6.49. The fraction of sp³-hybridized carbons (Fsp3) is 0.391. The molecule has 2 aromatic carbocycles. The van der Waals surface area contributed by atoms with Crippen LogP contribution in [0.1, 0.15) is 44.2 Å². The molecule has 0 aliphatic heterocycles. The Hall–Kier alpha value is -2.47. The van der Waals surface area contributed by atoms with Crippen molar-refractivity contribution in [1.82, 2.24) is 5.32 Å². The molecule has 1 aliphatic rings. The van der Waals surface area contributed by atoms with E-state index in [-0.39, 0.29) is 18.9 Å². The summed E-state index contributed by atoms with van der Waals surface area (Å²) in [6.07, 6.45) is -0.739. The first kappa shape index (κ1) is 21.2. The number of thioether (sulfide) groups is 1. The molecule has 0 aromatic heterocycles. The molecule has 29 heavy (non-hydrogen) atoms. The van der Waals surface area contributed by atoms with Crippen LogP contribution in [0.25, 0.3) is 11.1 Å². The van der Waals surface area contributed by atoms with E-state index in [1.54, 1.807) is 18.7 Å². The van der Waals surface area contributed by atoms with Gasteiger partial charge in [-0.2, -0.15) is 11.8 Å². The summed E-state index contributed by atoms with van der Waals surface area (Å²) in [5, 5.41) is 12.4. The number of rotatable bonds is 8. The molecule has 0 saturated carbocycles. The third-order valence-electron chi connectivity index (χ3n) is 5.02. The number of carbonyl (C=O) groups excluding carboxylic acids is 1. The topological polar surface area (TPSA) is 75.6 Å². The zero-order chi connectivity index (χ0) is 21.0. The van der Waals surface area contributed by atoms with Gasteiger partial charge in [-0.1, -0.05) is 62.4 Å². The number of fused-ring (bicyclic) bond motifs is 3. The van der Waals surface area contributed by atoms with E-state index >= 15 is 0 Å². The SMILES string of the molecule is CC(C)SCC(C)(CC(=O)O)NC(=O)OCC1c2ccccc2-c2ccccc21. The number of alkyl carbamates (subject to hydrolysis) is 1. The number of benzene rings is 2. The maximum atomic E-state index is 12.5. The van der Waals surface area contributed by atoms with E-state index < -0.39 is 17.6 Å². The maximum absolute atomic E-state index is 12.5. The van der Waals surface area contributed by atoms with Crippen molar-refractivity contribution in [3.05, 3.63) is 59.7 Å². The highest BCUT2D eigenvalue weighted by Crippen LogP contribution is 2.44. The summed E-state index contributed by atoms with van der Waals surface area (Å²) in [5.74, 6) is -0.471. The van der Waals surface area contributed by atoms with Crippen molar-refractivity contribution in [2.45, 2.75) is 43.9 Å². The van der Waals surface area contributed by atoms with Crippen LogP contribution in [0.3, 0.4) is 0 Å². The lowest BCUT2D eigenvalue weighted by Gasteiger charge is -2.29. The average Bonchev–Trinajstić information content (AvgIpc) is 2.98. The lowest BCUT2D eigenvalue weighted by molar-refractivity contribution is -0.138. The summed E-state index contributed by atoms with van der Waals surface area (Å²) < 4.78 is 5.57. The second-order valence-corrected chi connectivity index (χ2v) is 9.51. The largest absolute Gasteiger partial charge is 0.481 e. The van der Waals surface area contributed by atoms with Crippen molar-refractivity contribution in [3.63, 3.8) is 0 Å². The van der Waals surface area contributed by atoms with Gasteiger partial charge in [0.05, 0.1) is 12.0 Å². The molecule has 2 N–H and O–H groups in total. The monoisotopic (exact) mass is 413 g/mol. The van der Waals surface area contributed by atoms with E-state index in [2.05, 4.69) is 29.6 Å². The van der Waals surface area contributed by atoms with Crippen LogP contribution in [-0.4, -0.2) is 40.3 Å². The number of amides is 1. The van der Waals surface area contributed by atoms with Gasteiger partial charge in [0.1, 0.15) is 6.61 Å². The van der Waals surface area contributed by atoms with E-state index in [4.69, 9.17) is 4.74 Å². The second kappa shape index (κ2) is 8.91. The number of aliphatic carboxylic acids is 1. The first-order chi connectivity index (χ1) is 13.8. The van der Waals surface area contributed by atoms with Gasteiger partial charge >= 0.3 is 12.1 Å². The zero-order valence-electron chi connectivity index (χ0n) is 17.0. The molecular formula is C23H27NO4S. The van der Waals surface area contributed by atoms with Gasteiger partial charge in [-0.05, 0) is 34.4 Å². The number of ether oxygens (including phenoxy) is 1. The van der Waals surface area contributed by atoms with Crippen molar-refractivity contribution < 1.29 is 19.4 Å². The van der Waals surface area contributed by atoms with E-state index in [1.165, 1.54) is 11.1 Å². The molecule has 0 fully saturated rings. The van der Waals surface area contributed by atoms with Gasteiger partial charge in [0.15, 0.2) is 0 Å². The van der Waals surface area contributed by atoms with E-state index in [1.807, 2.05) is 38.1 Å². The molecule has 6 heteroatoms. The first-order valence-corrected chi connectivity index (χ1v) is 10.8. The summed E-state index contributed by atoms with van der Waals surface area (Å²) in [6, 6.07) is 16.3. The molecule has 0 heterocycles. The summed E-state index contributed by atoms with van der Waals surface area (Å²) in [4.78, 5) is 23.8. The molecule has 0 spiro atoms. The summed E-state index contributed by atoms with van der Waals surface area (Å²) in [6.45, 7) is 6.04. The number of hydrogen-bond acceptors (Lipinski definition) is 4. The van der Waals surface area contributed by atoms with Crippen LogP contribution in [0, 0.1) is 0 Å². The number of nitrogens with one attached hydrogen (secondary N) is 1. The zero-order valence-corrected chi connectivity index (χ0v) is 17.8. The standard InChI is InChI=1S/C23H27NO4S/c1-15(2)29-14-23(3,12-21(25)26)24-22(27)28-13-20-18-10-6-4-8-16(18)17-9-5-7-11-19(17)20/h4-11,15,20H,12-14H2,1-3H3,(H,24,27)(H,25,26).